The van der Waals surface area contributed by atoms with Crippen molar-refractivity contribution in [2.75, 3.05) is 4.90 Å². The van der Waals surface area contributed by atoms with Crippen molar-refractivity contribution in [2.24, 2.45) is 0 Å². The third kappa shape index (κ3) is 2.15. The lowest BCUT2D eigenvalue weighted by molar-refractivity contribution is -0.114. The Balaban J connectivity index is 2.05. The van der Waals surface area contributed by atoms with Gasteiger partial charge in [0, 0.05) is 0 Å². The number of Topliss-reactive ketones (excluding diaryl/α,β-unsaturated/α-hetero) is 1. The second-order valence-electron chi connectivity index (χ2n) is 4.32. The average molecular weight is 310 g/mol. The van der Waals surface area contributed by atoms with Gasteiger partial charge in [0.15, 0.2) is 5.15 Å². The molecule has 106 valence electrons. The summed E-state index contributed by atoms with van der Waals surface area (Å²) in [5, 5.41) is 7.46. The lowest BCUT2D eigenvalue weighted by atomic mass is 10.1. The highest BCUT2D eigenvalue weighted by Crippen LogP contribution is 2.34. The summed E-state index contributed by atoms with van der Waals surface area (Å²) in [4.78, 5) is 24.5. The first-order valence-electron chi connectivity index (χ1n) is 5.81. The van der Waals surface area contributed by atoms with Gasteiger partial charge < -0.3 is 0 Å². The van der Waals surface area contributed by atoms with Crippen molar-refractivity contribution in [3.05, 3.63) is 52.3 Å². The van der Waals surface area contributed by atoms with Crippen LogP contribution in [0.2, 0.25) is 5.15 Å². The number of hydrogen-bond acceptors (Lipinski definition) is 4. The number of rotatable bonds is 2. The van der Waals surface area contributed by atoms with Crippen LogP contribution in [-0.2, 0) is 11.3 Å². The topological polar surface area (TPSA) is 63.2 Å². The van der Waals surface area contributed by atoms with Gasteiger partial charge in [-0.05, 0) is 24.3 Å². The molecule has 0 aliphatic carbocycles. The summed E-state index contributed by atoms with van der Waals surface area (Å²) in [6, 6.07) is 4.59. The zero-order valence-electron chi connectivity index (χ0n) is 10.3. The lowest BCUT2D eigenvalue weighted by Gasteiger charge is -2.16. The fraction of sp³-hybridized carbons (Fsp3) is 0.0769. The van der Waals surface area contributed by atoms with Gasteiger partial charge in [-0.1, -0.05) is 11.6 Å². The molecule has 1 aromatic carbocycles. The van der Waals surface area contributed by atoms with E-state index in [1.807, 2.05) is 0 Å². The van der Waals surface area contributed by atoms with E-state index in [-0.39, 0.29) is 23.1 Å². The molecule has 0 spiro atoms. The van der Waals surface area contributed by atoms with Crippen LogP contribution >= 0.6 is 11.6 Å². The van der Waals surface area contributed by atoms with Crippen LogP contribution in [0.1, 0.15) is 16.1 Å². The Labute approximate surface area is 122 Å². The van der Waals surface area contributed by atoms with E-state index < -0.39 is 28.9 Å². The van der Waals surface area contributed by atoms with E-state index in [1.165, 1.54) is 12.1 Å². The number of fused-ring (bicyclic) bond motifs is 1. The number of nitrogens with zero attached hydrogens (tertiary/aromatic N) is 3. The summed E-state index contributed by atoms with van der Waals surface area (Å²) < 4.78 is 27.5. The molecule has 1 aliphatic heterocycles. The van der Waals surface area contributed by atoms with Gasteiger partial charge in [0.1, 0.15) is 11.6 Å². The fourth-order valence-corrected chi connectivity index (χ4v) is 2.19. The number of aromatic nitrogens is 2. The molecule has 0 radical (unpaired) electrons. The smallest absolute Gasteiger partial charge is 0.296 e. The highest BCUT2D eigenvalue weighted by molar-refractivity contribution is 6.52. The van der Waals surface area contributed by atoms with Crippen molar-refractivity contribution in [3.63, 3.8) is 0 Å². The Morgan fingerprint density at radius 2 is 1.76 bits per heavy atom. The van der Waals surface area contributed by atoms with E-state index in [0.717, 1.165) is 17.0 Å². The number of anilines is 1. The zero-order valence-corrected chi connectivity index (χ0v) is 11.1. The molecule has 0 N–H and O–H groups in total. The molecule has 3 rings (SSSR count). The Morgan fingerprint density at radius 1 is 1.05 bits per heavy atom. The van der Waals surface area contributed by atoms with E-state index in [9.17, 15) is 18.4 Å². The zero-order chi connectivity index (χ0) is 15.1. The molecule has 21 heavy (non-hydrogen) atoms. The van der Waals surface area contributed by atoms with Crippen molar-refractivity contribution in [3.8, 4) is 0 Å². The molecule has 0 bridgehead atoms. The maximum atomic E-state index is 13.9. The molecule has 0 fully saturated rings. The Morgan fingerprint density at radius 3 is 2.43 bits per heavy atom. The van der Waals surface area contributed by atoms with Crippen molar-refractivity contribution in [2.45, 2.75) is 6.54 Å². The molecule has 5 nitrogen and oxygen atoms in total. The van der Waals surface area contributed by atoms with Crippen LogP contribution in [0.3, 0.4) is 0 Å². The van der Waals surface area contributed by atoms with Gasteiger partial charge in [-0.3, -0.25) is 14.5 Å². The van der Waals surface area contributed by atoms with Crippen molar-refractivity contribution < 1.29 is 18.4 Å². The summed E-state index contributed by atoms with van der Waals surface area (Å²) in [6.45, 7) is -0.206. The standard InChI is InChI=1S/C13H6ClF2N3O2/c14-9-4-1-6(17-18-9)5-19-11-8(16)3-2-7(15)10(11)12(20)13(19)21/h1-4H,5H2. The van der Waals surface area contributed by atoms with Gasteiger partial charge in [-0.25, -0.2) is 8.78 Å². The number of benzene rings is 1. The molecule has 8 heteroatoms. The van der Waals surface area contributed by atoms with Gasteiger partial charge in [-0.15, -0.1) is 5.10 Å². The van der Waals surface area contributed by atoms with E-state index in [2.05, 4.69) is 10.2 Å². The summed E-state index contributed by atoms with van der Waals surface area (Å²) >= 11 is 5.59. The van der Waals surface area contributed by atoms with Crippen LogP contribution in [0.25, 0.3) is 0 Å². The van der Waals surface area contributed by atoms with Gasteiger partial charge in [0.05, 0.1) is 23.5 Å². The van der Waals surface area contributed by atoms with Gasteiger partial charge in [0.2, 0.25) is 0 Å². The van der Waals surface area contributed by atoms with Crippen LogP contribution in [0.4, 0.5) is 14.5 Å². The molecular formula is C13H6ClF2N3O2. The third-order valence-electron chi connectivity index (χ3n) is 3.02. The molecule has 2 aromatic rings. The number of hydrogen-bond donors (Lipinski definition) is 0. The number of halogens is 3. The van der Waals surface area contributed by atoms with Crippen molar-refractivity contribution in [1.82, 2.24) is 10.2 Å². The first-order chi connectivity index (χ1) is 9.99. The van der Waals surface area contributed by atoms with E-state index in [4.69, 9.17) is 11.6 Å². The molecule has 1 aliphatic rings. The highest BCUT2D eigenvalue weighted by Gasteiger charge is 2.40. The second kappa shape index (κ2) is 4.85. The molecular weight excluding hydrogens is 304 g/mol. The summed E-state index contributed by atoms with van der Waals surface area (Å²) in [5.74, 6) is -3.88. The molecule has 2 heterocycles. The molecule has 0 saturated heterocycles. The minimum atomic E-state index is -1.08. The van der Waals surface area contributed by atoms with Crippen LogP contribution in [0.15, 0.2) is 24.3 Å². The van der Waals surface area contributed by atoms with E-state index in [1.54, 1.807) is 0 Å². The minimum Gasteiger partial charge on any atom is -0.296 e. The predicted molar refractivity (Wildman–Crippen MR) is 68.9 cm³/mol. The Kier molecular flexibility index (Phi) is 3.13. The molecule has 0 atom stereocenters. The number of ketones is 1. The van der Waals surface area contributed by atoms with Crippen molar-refractivity contribution >= 4 is 29.0 Å². The molecule has 0 saturated carbocycles. The highest BCUT2D eigenvalue weighted by atomic mass is 35.5. The summed E-state index contributed by atoms with van der Waals surface area (Å²) in [7, 11) is 0. The van der Waals surface area contributed by atoms with Gasteiger partial charge >= 0.3 is 0 Å². The molecule has 0 unspecified atom stereocenters. The average Bonchev–Trinajstić information content (AvgIpc) is 2.71. The monoisotopic (exact) mass is 309 g/mol. The van der Waals surface area contributed by atoms with E-state index >= 15 is 0 Å². The maximum Gasteiger partial charge on any atom is 0.300 e. The molecule has 1 aromatic heterocycles. The number of carbonyl (C=O) groups is 2. The predicted octanol–water partition coefficient (Wildman–Crippen LogP) is 2.14. The van der Waals surface area contributed by atoms with Crippen LogP contribution < -0.4 is 4.90 Å². The van der Waals surface area contributed by atoms with Crippen LogP contribution in [-0.4, -0.2) is 21.9 Å². The van der Waals surface area contributed by atoms with Crippen molar-refractivity contribution in [1.29, 1.82) is 0 Å². The summed E-state index contributed by atoms with van der Waals surface area (Å²) in [5.41, 5.74) is -0.638. The maximum absolute atomic E-state index is 13.9. The summed E-state index contributed by atoms with van der Waals surface area (Å²) in [6.07, 6.45) is 0. The minimum absolute atomic E-state index is 0.153. The number of carbonyl (C=O) groups excluding carboxylic acids is 2. The van der Waals surface area contributed by atoms with E-state index in [0.29, 0.717) is 0 Å². The first-order valence-corrected chi connectivity index (χ1v) is 6.19. The van der Waals surface area contributed by atoms with Crippen LogP contribution in [0.5, 0.6) is 0 Å². The first kappa shape index (κ1) is 13.6. The molecule has 1 amide bonds. The number of amides is 1. The van der Waals surface area contributed by atoms with Gasteiger partial charge in [0.25, 0.3) is 11.7 Å². The lowest BCUT2D eigenvalue weighted by Crippen LogP contribution is -2.30. The SMILES string of the molecule is O=C1C(=O)N(Cc2ccc(Cl)nn2)c2c(F)ccc(F)c21. The second-order valence-corrected chi connectivity index (χ2v) is 4.71. The Hall–Kier alpha value is -2.41. The van der Waals surface area contributed by atoms with Crippen LogP contribution in [0, 0.1) is 11.6 Å². The Bertz CT molecular complexity index is 765. The van der Waals surface area contributed by atoms with Gasteiger partial charge in [-0.2, -0.15) is 5.10 Å². The fourth-order valence-electron chi connectivity index (χ4n) is 2.09. The quantitative estimate of drug-likeness (QED) is 0.797. The largest absolute Gasteiger partial charge is 0.300 e. The third-order valence-corrected chi connectivity index (χ3v) is 3.22. The normalized spacial score (nSPS) is 13.8.